The van der Waals surface area contributed by atoms with Crippen LogP contribution < -0.4 is 0 Å². The Bertz CT molecular complexity index is 729. The highest BCUT2D eigenvalue weighted by Gasteiger charge is 2.41. The van der Waals surface area contributed by atoms with Crippen LogP contribution >= 0.6 is 11.6 Å². The molecule has 0 amide bonds. The summed E-state index contributed by atoms with van der Waals surface area (Å²) in [5.41, 5.74) is 4.15. The predicted molar refractivity (Wildman–Crippen MR) is 120 cm³/mol. The third-order valence-electron chi connectivity index (χ3n) is 5.57. The van der Waals surface area contributed by atoms with E-state index in [0.717, 1.165) is 38.8 Å². The Morgan fingerprint density at radius 1 is 1.04 bits per heavy atom. The molecule has 0 saturated heterocycles. The second-order valence-corrected chi connectivity index (χ2v) is 8.36. The minimum Gasteiger partial charge on any atom is -0.301 e. The van der Waals surface area contributed by atoms with Crippen molar-refractivity contribution in [1.29, 1.82) is 5.26 Å². The zero-order valence-electron chi connectivity index (χ0n) is 17.5. The van der Waals surface area contributed by atoms with E-state index in [1.54, 1.807) is 6.07 Å². The summed E-state index contributed by atoms with van der Waals surface area (Å²) in [5, 5.41) is 7.32. The average Bonchev–Trinajstić information content (AvgIpc) is 3.47. The summed E-state index contributed by atoms with van der Waals surface area (Å²) >= 11 is 6.49. The van der Waals surface area contributed by atoms with Gasteiger partial charge in [-0.1, -0.05) is 61.5 Å². The maximum atomic E-state index is 7.32. The van der Waals surface area contributed by atoms with Crippen molar-refractivity contribution in [3.05, 3.63) is 71.3 Å². The molecule has 1 fully saturated rings. The largest absolute Gasteiger partial charge is 0.301 e. The van der Waals surface area contributed by atoms with Gasteiger partial charge in [0, 0.05) is 19.5 Å². The standard InChI is InChI=1S/C23H30ClN.C2H3N/c1-3-25(18-15-20-7-5-4-6-8-20)19(2)9-10-21-11-13-22(14-12-21)23(24)16-17-23;1-2-3/h4-8,11-14,19H,3,9-10,15-18H2,1-2H3;1H3. The molecule has 2 nitrogen and oxygen atoms in total. The average molecular weight is 397 g/mol. The van der Waals surface area contributed by atoms with E-state index in [1.165, 1.54) is 30.0 Å². The van der Waals surface area contributed by atoms with Gasteiger partial charge in [-0.15, -0.1) is 11.6 Å². The van der Waals surface area contributed by atoms with Crippen molar-refractivity contribution in [2.24, 2.45) is 0 Å². The van der Waals surface area contributed by atoms with Gasteiger partial charge in [-0.25, -0.2) is 0 Å². The molecule has 1 unspecified atom stereocenters. The van der Waals surface area contributed by atoms with Crippen LogP contribution in [0, 0.1) is 11.3 Å². The van der Waals surface area contributed by atoms with Gasteiger partial charge in [0.25, 0.3) is 0 Å². The fourth-order valence-electron chi connectivity index (χ4n) is 3.53. The molecule has 2 aromatic carbocycles. The van der Waals surface area contributed by atoms with Crippen LogP contribution in [0.1, 0.15) is 56.7 Å². The fourth-order valence-corrected chi connectivity index (χ4v) is 3.75. The van der Waals surface area contributed by atoms with Gasteiger partial charge in [-0.3, -0.25) is 0 Å². The van der Waals surface area contributed by atoms with Crippen LogP contribution in [0.15, 0.2) is 54.6 Å². The number of rotatable bonds is 9. The lowest BCUT2D eigenvalue weighted by Crippen LogP contribution is -2.35. The predicted octanol–water partition coefficient (Wildman–Crippen LogP) is 6.33. The summed E-state index contributed by atoms with van der Waals surface area (Å²) < 4.78 is 0. The van der Waals surface area contributed by atoms with Crippen molar-refractivity contribution in [3.63, 3.8) is 0 Å². The molecule has 28 heavy (non-hydrogen) atoms. The van der Waals surface area contributed by atoms with Crippen LogP contribution in [0.3, 0.4) is 0 Å². The van der Waals surface area contributed by atoms with Gasteiger partial charge in [0.2, 0.25) is 0 Å². The van der Waals surface area contributed by atoms with Gasteiger partial charge >= 0.3 is 0 Å². The molecule has 150 valence electrons. The van der Waals surface area contributed by atoms with Crippen LogP contribution in [-0.2, 0) is 17.7 Å². The maximum Gasteiger partial charge on any atom is 0.0696 e. The number of benzene rings is 2. The molecule has 0 heterocycles. The van der Waals surface area contributed by atoms with E-state index in [0.29, 0.717) is 6.04 Å². The lowest BCUT2D eigenvalue weighted by atomic mass is 10.0. The molecule has 3 heteroatoms. The highest BCUT2D eigenvalue weighted by atomic mass is 35.5. The topological polar surface area (TPSA) is 27.0 Å². The summed E-state index contributed by atoms with van der Waals surface area (Å²) in [6, 6.07) is 22.2. The first kappa shape index (κ1) is 22.5. The summed E-state index contributed by atoms with van der Waals surface area (Å²) in [7, 11) is 0. The van der Waals surface area contributed by atoms with E-state index in [-0.39, 0.29) is 4.87 Å². The monoisotopic (exact) mass is 396 g/mol. The SMILES string of the molecule is CC#N.CCN(CCc1ccccc1)C(C)CCc1ccc(C2(Cl)CC2)cc1. The van der Waals surface area contributed by atoms with E-state index >= 15 is 0 Å². The number of nitrogens with zero attached hydrogens (tertiary/aromatic N) is 2. The number of hydrogen-bond donors (Lipinski definition) is 0. The van der Waals surface area contributed by atoms with Gasteiger partial charge in [-0.05, 0) is 62.3 Å². The summed E-state index contributed by atoms with van der Waals surface area (Å²) in [4.78, 5) is 2.56. The van der Waals surface area contributed by atoms with Crippen LogP contribution in [0.25, 0.3) is 0 Å². The van der Waals surface area contributed by atoms with Crippen molar-refractivity contribution < 1.29 is 0 Å². The number of nitriles is 1. The third kappa shape index (κ3) is 6.97. The molecule has 0 aromatic heterocycles. The Kier molecular flexibility index (Phi) is 9.03. The fraction of sp³-hybridized carbons (Fsp3) is 0.480. The van der Waals surface area contributed by atoms with E-state index in [9.17, 15) is 0 Å². The molecular formula is C25H33ClN2. The molecule has 0 aliphatic heterocycles. The minimum absolute atomic E-state index is 0.0394. The zero-order valence-corrected chi connectivity index (χ0v) is 18.3. The minimum atomic E-state index is -0.0394. The summed E-state index contributed by atoms with van der Waals surface area (Å²) in [6.07, 6.45) is 5.72. The molecule has 0 radical (unpaired) electrons. The molecule has 3 rings (SSSR count). The normalized spacial score (nSPS) is 15.3. The Morgan fingerprint density at radius 3 is 2.14 bits per heavy atom. The number of aryl methyl sites for hydroxylation is 1. The Balaban J connectivity index is 0.000000878. The Morgan fingerprint density at radius 2 is 1.61 bits per heavy atom. The summed E-state index contributed by atoms with van der Waals surface area (Å²) in [5.74, 6) is 0. The van der Waals surface area contributed by atoms with Crippen LogP contribution in [-0.4, -0.2) is 24.0 Å². The first-order valence-corrected chi connectivity index (χ1v) is 10.8. The highest BCUT2D eigenvalue weighted by molar-refractivity contribution is 6.25. The molecule has 1 aliphatic rings. The van der Waals surface area contributed by atoms with Crippen molar-refractivity contribution in [2.45, 2.75) is 63.8 Å². The van der Waals surface area contributed by atoms with Gasteiger partial charge in [0.1, 0.15) is 0 Å². The summed E-state index contributed by atoms with van der Waals surface area (Å²) in [6.45, 7) is 8.31. The molecule has 1 aliphatic carbocycles. The van der Waals surface area contributed by atoms with Gasteiger partial charge < -0.3 is 4.90 Å². The maximum absolute atomic E-state index is 7.32. The van der Waals surface area contributed by atoms with E-state index < -0.39 is 0 Å². The van der Waals surface area contributed by atoms with Crippen LogP contribution in [0.2, 0.25) is 0 Å². The number of halogens is 1. The zero-order chi connectivity index (χ0) is 20.4. The van der Waals surface area contributed by atoms with Crippen LogP contribution in [0.4, 0.5) is 0 Å². The molecule has 1 atom stereocenters. The first-order valence-electron chi connectivity index (χ1n) is 10.4. The van der Waals surface area contributed by atoms with Crippen molar-refractivity contribution in [2.75, 3.05) is 13.1 Å². The van der Waals surface area contributed by atoms with Gasteiger partial charge in [0.05, 0.1) is 10.9 Å². The van der Waals surface area contributed by atoms with Crippen molar-refractivity contribution in [3.8, 4) is 6.07 Å². The number of likely N-dealkylation sites (N-methyl/N-ethyl adjacent to an activating group) is 1. The smallest absolute Gasteiger partial charge is 0.0696 e. The molecule has 1 saturated carbocycles. The number of hydrogen-bond acceptors (Lipinski definition) is 2. The van der Waals surface area contributed by atoms with Crippen molar-refractivity contribution >= 4 is 11.6 Å². The molecule has 0 N–H and O–H groups in total. The second-order valence-electron chi connectivity index (χ2n) is 7.64. The molecule has 0 spiro atoms. The quantitative estimate of drug-likeness (QED) is 0.463. The van der Waals surface area contributed by atoms with Gasteiger partial charge in [0.15, 0.2) is 0 Å². The second kappa shape index (κ2) is 11.2. The third-order valence-corrected chi connectivity index (χ3v) is 6.17. The molecular weight excluding hydrogens is 364 g/mol. The number of alkyl halides is 1. The lowest BCUT2D eigenvalue weighted by molar-refractivity contribution is 0.212. The molecule has 2 aromatic rings. The van der Waals surface area contributed by atoms with Crippen molar-refractivity contribution in [1.82, 2.24) is 4.90 Å². The Hall–Kier alpha value is -1.82. The lowest BCUT2D eigenvalue weighted by Gasteiger charge is -2.28. The van der Waals surface area contributed by atoms with Crippen LogP contribution in [0.5, 0.6) is 0 Å². The van der Waals surface area contributed by atoms with Gasteiger partial charge in [-0.2, -0.15) is 5.26 Å². The first-order chi connectivity index (χ1) is 13.5. The Labute approximate surface area is 176 Å². The highest BCUT2D eigenvalue weighted by Crippen LogP contribution is 2.51. The van der Waals surface area contributed by atoms with E-state index in [1.807, 2.05) is 0 Å². The van der Waals surface area contributed by atoms with E-state index in [2.05, 4.69) is 73.3 Å². The van der Waals surface area contributed by atoms with E-state index in [4.69, 9.17) is 16.9 Å². The molecule has 0 bridgehead atoms.